The second-order valence-corrected chi connectivity index (χ2v) is 5.93. The van der Waals surface area contributed by atoms with Crippen molar-refractivity contribution in [1.82, 2.24) is 9.80 Å². The van der Waals surface area contributed by atoms with Gasteiger partial charge in [-0.25, -0.2) is 0 Å². The van der Waals surface area contributed by atoms with Gasteiger partial charge in [0.15, 0.2) is 0 Å². The van der Waals surface area contributed by atoms with Crippen molar-refractivity contribution in [2.45, 2.75) is 19.8 Å². The minimum Gasteiger partial charge on any atom is -0.481 e. The van der Waals surface area contributed by atoms with Crippen molar-refractivity contribution in [3.05, 3.63) is 35.9 Å². The van der Waals surface area contributed by atoms with Crippen LogP contribution in [0.3, 0.4) is 0 Å². The molecule has 1 aromatic rings. The Kier molecular flexibility index (Phi) is 8.01. The van der Waals surface area contributed by atoms with Gasteiger partial charge in [-0.15, -0.1) is 0 Å². The summed E-state index contributed by atoms with van der Waals surface area (Å²) in [6.07, 6.45) is 2.10. The van der Waals surface area contributed by atoms with E-state index in [0.717, 1.165) is 32.5 Å². The predicted octanol–water partition coefficient (Wildman–Crippen LogP) is 2.20. The summed E-state index contributed by atoms with van der Waals surface area (Å²) in [5.41, 5.74) is 1.34. The van der Waals surface area contributed by atoms with E-state index in [-0.39, 0.29) is 5.92 Å². The Morgan fingerprint density at radius 2 is 1.81 bits per heavy atom. The van der Waals surface area contributed by atoms with Crippen LogP contribution in [0.25, 0.3) is 0 Å². The lowest BCUT2D eigenvalue weighted by atomic mass is 10.1. The fraction of sp³-hybridized carbons (Fsp3) is 0.588. The number of likely N-dealkylation sites (N-methyl/N-ethyl adjacent to an activating group) is 1. The third-order valence-corrected chi connectivity index (χ3v) is 3.60. The third-order valence-electron chi connectivity index (χ3n) is 3.60. The second-order valence-electron chi connectivity index (χ2n) is 5.93. The predicted molar refractivity (Wildman–Crippen MR) is 86.6 cm³/mol. The molecule has 1 rings (SSSR count). The zero-order valence-electron chi connectivity index (χ0n) is 13.5. The molecule has 0 saturated carbocycles. The summed E-state index contributed by atoms with van der Waals surface area (Å²) in [5.74, 6) is -1.03. The van der Waals surface area contributed by atoms with E-state index in [0.29, 0.717) is 6.54 Å². The van der Waals surface area contributed by atoms with E-state index in [2.05, 4.69) is 34.1 Å². The van der Waals surface area contributed by atoms with Gasteiger partial charge < -0.3 is 14.9 Å². The number of hydrogen-bond donors (Lipinski definition) is 1. The molecule has 1 aromatic carbocycles. The lowest BCUT2D eigenvalue weighted by Gasteiger charge is -2.25. The van der Waals surface area contributed by atoms with Crippen LogP contribution in [-0.4, -0.2) is 61.2 Å². The summed E-state index contributed by atoms with van der Waals surface area (Å²) in [5, 5.41) is 9.07. The first-order chi connectivity index (χ1) is 9.99. The molecular formula is C17H28N2O2. The molecule has 21 heavy (non-hydrogen) atoms. The van der Waals surface area contributed by atoms with Gasteiger partial charge in [-0.3, -0.25) is 4.79 Å². The molecule has 0 aliphatic rings. The van der Waals surface area contributed by atoms with Crippen molar-refractivity contribution in [2.24, 2.45) is 5.92 Å². The number of rotatable bonds is 10. The highest BCUT2D eigenvalue weighted by molar-refractivity contribution is 5.69. The minimum atomic E-state index is -0.715. The molecule has 118 valence electrons. The maximum Gasteiger partial charge on any atom is 0.307 e. The van der Waals surface area contributed by atoms with Gasteiger partial charge in [0.1, 0.15) is 0 Å². The number of aryl methyl sites for hydroxylation is 1. The summed E-state index contributed by atoms with van der Waals surface area (Å²) < 4.78 is 0. The highest BCUT2D eigenvalue weighted by Crippen LogP contribution is 2.06. The number of benzene rings is 1. The smallest absolute Gasteiger partial charge is 0.307 e. The molecule has 4 nitrogen and oxygen atoms in total. The Balaban J connectivity index is 2.42. The van der Waals surface area contributed by atoms with Crippen molar-refractivity contribution >= 4 is 5.97 Å². The highest BCUT2D eigenvalue weighted by atomic mass is 16.4. The molecule has 0 amide bonds. The van der Waals surface area contributed by atoms with Crippen LogP contribution in [0.4, 0.5) is 0 Å². The summed E-state index contributed by atoms with van der Waals surface area (Å²) in [6, 6.07) is 10.4. The Morgan fingerprint density at radius 1 is 1.14 bits per heavy atom. The van der Waals surface area contributed by atoms with Crippen LogP contribution in [0.1, 0.15) is 18.9 Å². The van der Waals surface area contributed by atoms with Gasteiger partial charge in [0, 0.05) is 19.6 Å². The quantitative estimate of drug-likeness (QED) is 0.718. The van der Waals surface area contributed by atoms with Crippen molar-refractivity contribution < 1.29 is 9.90 Å². The Labute approximate surface area is 128 Å². The fourth-order valence-corrected chi connectivity index (χ4v) is 2.25. The summed E-state index contributed by atoms with van der Waals surface area (Å²) in [7, 11) is 4.09. The van der Waals surface area contributed by atoms with Gasteiger partial charge in [-0.1, -0.05) is 37.3 Å². The van der Waals surface area contributed by atoms with E-state index in [1.165, 1.54) is 5.56 Å². The number of carboxylic acids is 1. The lowest BCUT2D eigenvalue weighted by Crippen LogP contribution is -2.37. The molecule has 0 bridgehead atoms. The first-order valence-electron chi connectivity index (χ1n) is 7.63. The number of aliphatic carboxylic acids is 1. The van der Waals surface area contributed by atoms with Crippen LogP contribution in [0.15, 0.2) is 30.3 Å². The van der Waals surface area contributed by atoms with Crippen LogP contribution >= 0.6 is 0 Å². The molecule has 1 N–H and O–H groups in total. The normalized spacial score (nSPS) is 12.8. The van der Waals surface area contributed by atoms with Gasteiger partial charge in [0.2, 0.25) is 0 Å². The van der Waals surface area contributed by atoms with Gasteiger partial charge >= 0.3 is 5.97 Å². The summed E-state index contributed by atoms with van der Waals surface area (Å²) in [4.78, 5) is 15.4. The van der Waals surface area contributed by atoms with Crippen molar-refractivity contribution in [2.75, 3.05) is 40.3 Å². The molecule has 0 heterocycles. The van der Waals surface area contributed by atoms with E-state index in [4.69, 9.17) is 5.11 Å². The standard InChI is InChI=1S/C17H28N2O2/c1-15(17(20)21)14-19(13-12-18(2)3)11-7-10-16-8-5-4-6-9-16/h4-6,8-9,15H,7,10-14H2,1-3H3,(H,20,21). The molecular weight excluding hydrogens is 264 g/mol. The summed E-state index contributed by atoms with van der Waals surface area (Å²) >= 11 is 0. The van der Waals surface area contributed by atoms with E-state index in [9.17, 15) is 4.79 Å². The fourth-order valence-electron chi connectivity index (χ4n) is 2.25. The Morgan fingerprint density at radius 3 is 2.38 bits per heavy atom. The molecule has 0 saturated heterocycles. The number of carbonyl (C=O) groups is 1. The molecule has 0 fully saturated rings. The van der Waals surface area contributed by atoms with Gasteiger partial charge in [-0.2, -0.15) is 0 Å². The molecule has 0 aliphatic heterocycles. The average molecular weight is 292 g/mol. The average Bonchev–Trinajstić information content (AvgIpc) is 2.45. The maximum atomic E-state index is 11.0. The van der Waals surface area contributed by atoms with Gasteiger partial charge in [0.25, 0.3) is 0 Å². The highest BCUT2D eigenvalue weighted by Gasteiger charge is 2.15. The first-order valence-corrected chi connectivity index (χ1v) is 7.63. The number of nitrogens with zero attached hydrogens (tertiary/aromatic N) is 2. The van der Waals surface area contributed by atoms with Crippen LogP contribution in [0.5, 0.6) is 0 Å². The van der Waals surface area contributed by atoms with Crippen molar-refractivity contribution in [3.63, 3.8) is 0 Å². The Bertz CT molecular complexity index is 407. The molecule has 0 radical (unpaired) electrons. The monoisotopic (exact) mass is 292 g/mol. The largest absolute Gasteiger partial charge is 0.481 e. The molecule has 1 atom stereocenters. The zero-order chi connectivity index (χ0) is 15.7. The third kappa shape index (κ3) is 7.83. The number of carboxylic acid groups (broad SMARTS) is 1. The van der Waals surface area contributed by atoms with E-state index in [1.54, 1.807) is 6.92 Å². The molecule has 0 spiro atoms. The SMILES string of the molecule is CC(CN(CCCc1ccccc1)CCN(C)C)C(=O)O. The van der Waals surface area contributed by atoms with E-state index >= 15 is 0 Å². The van der Waals surface area contributed by atoms with Crippen LogP contribution in [-0.2, 0) is 11.2 Å². The van der Waals surface area contributed by atoms with Gasteiger partial charge in [-0.05, 0) is 39.0 Å². The Hall–Kier alpha value is -1.39. The van der Waals surface area contributed by atoms with Crippen LogP contribution in [0, 0.1) is 5.92 Å². The topological polar surface area (TPSA) is 43.8 Å². The van der Waals surface area contributed by atoms with Crippen molar-refractivity contribution in [3.8, 4) is 0 Å². The summed E-state index contributed by atoms with van der Waals surface area (Å²) in [6.45, 7) is 5.22. The van der Waals surface area contributed by atoms with Crippen LogP contribution in [0.2, 0.25) is 0 Å². The molecule has 1 unspecified atom stereocenters. The second kappa shape index (κ2) is 9.53. The van der Waals surface area contributed by atoms with Crippen LogP contribution < -0.4 is 0 Å². The van der Waals surface area contributed by atoms with Crippen molar-refractivity contribution in [1.29, 1.82) is 0 Å². The zero-order valence-corrected chi connectivity index (χ0v) is 13.5. The van der Waals surface area contributed by atoms with Gasteiger partial charge in [0.05, 0.1) is 5.92 Å². The first kappa shape index (κ1) is 17.7. The number of hydrogen-bond acceptors (Lipinski definition) is 3. The molecule has 4 heteroatoms. The lowest BCUT2D eigenvalue weighted by molar-refractivity contribution is -0.141. The molecule has 0 aromatic heterocycles. The minimum absolute atomic E-state index is 0.316. The van der Waals surface area contributed by atoms with E-state index < -0.39 is 5.97 Å². The van der Waals surface area contributed by atoms with E-state index in [1.807, 2.05) is 20.2 Å². The maximum absolute atomic E-state index is 11.0. The molecule has 0 aliphatic carbocycles.